The van der Waals surface area contributed by atoms with E-state index >= 15 is 0 Å². The van der Waals surface area contributed by atoms with Gasteiger partial charge in [0.1, 0.15) is 6.29 Å². The Morgan fingerprint density at radius 2 is 1.75 bits per heavy atom. The smallest absolute Gasteiger partial charge is 0.244 e. The molecule has 0 unspecified atom stereocenters. The number of carbonyl (C=O) groups excluding carboxylic acids is 2. The zero-order valence-electron chi connectivity index (χ0n) is 14.7. The maximum atomic E-state index is 13.6. The number of fused-ring (bicyclic) bond motifs is 1. The van der Waals surface area contributed by atoms with E-state index in [-0.39, 0.29) is 23.1 Å². The molecule has 4 atom stereocenters. The third-order valence-electron chi connectivity index (χ3n) is 6.35. The van der Waals surface area contributed by atoms with E-state index in [2.05, 4.69) is 15.9 Å². The fraction of sp³-hybridized carbons (Fsp3) is 0.238. The number of hydrogen-bond donors (Lipinski definition) is 0. The van der Waals surface area contributed by atoms with E-state index in [1.165, 1.54) is 10.4 Å². The molecule has 142 valence electrons. The van der Waals surface area contributed by atoms with Gasteiger partial charge in [0.15, 0.2) is 5.78 Å². The zero-order valence-corrected chi connectivity index (χ0v) is 17.1. The highest BCUT2D eigenvalue weighted by atomic mass is 79.9. The van der Waals surface area contributed by atoms with Crippen molar-refractivity contribution in [1.29, 1.82) is 0 Å². The number of allylic oxidation sites excluding steroid dienone is 1. The van der Waals surface area contributed by atoms with Gasteiger partial charge >= 0.3 is 0 Å². The Hall–Kier alpha value is -2.09. The number of benzene rings is 2. The zero-order chi connectivity index (χ0) is 19.7. The Labute approximate surface area is 171 Å². The number of rotatable bonds is 4. The number of nitrogens with zero attached hydrogens (tertiary/aromatic N) is 1. The predicted molar refractivity (Wildman–Crippen MR) is 106 cm³/mol. The summed E-state index contributed by atoms with van der Waals surface area (Å²) in [6, 6.07) is 15.7. The molecule has 7 heteroatoms. The molecule has 3 aliphatic rings. The highest BCUT2D eigenvalue weighted by Gasteiger charge is 2.83. The fourth-order valence-corrected chi connectivity index (χ4v) is 7.18. The molecule has 0 spiro atoms. The molecule has 0 aromatic heterocycles. The van der Waals surface area contributed by atoms with Gasteiger partial charge in [0.25, 0.3) is 0 Å². The number of ketones is 1. The van der Waals surface area contributed by atoms with Crippen LogP contribution in [-0.4, -0.2) is 31.3 Å². The largest absolute Gasteiger partial charge is 0.303 e. The fourth-order valence-electron chi connectivity index (χ4n) is 5.11. The summed E-state index contributed by atoms with van der Waals surface area (Å²) in [5, 5.41) is 0. The van der Waals surface area contributed by atoms with Gasteiger partial charge in [-0.25, -0.2) is 8.42 Å². The van der Waals surface area contributed by atoms with Crippen LogP contribution in [0.15, 0.2) is 76.1 Å². The summed E-state index contributed by atoms with van der Waals surface area (Å²) in [4.78, 5) is 24.6. The summed E-state index contributed by atoms with van der Waals surface area (Å²) in [6.45, 7) is 0.00913. The van der Waals surface area contributed by atoms with E-state index in [4.69, 9.17) is 0 Å². The summed E-state index contributed by atoms with van der Waals surface area (Å²) < 4.78 is 29.4. The SMILES string of the molecule is O=C[C@@]12CN(S(=O)(=O)c3ccc(Br)cc3)[C@@]3(c4ccccc4)C=CC(=O)[C@@H]1[C@@H]23. The van der Waals surface area contributed by atoms with Crippen LogP contribution in [0, 0.1) is 17.3 Å². The lowest BCUT2D eigenvalue weighted by Crippen LogP contribution is -2.50. The number of carbonyl (C=O) groups is 2. The molecule has 1 aliphatic heterocycles. The molecular weight excluding hydrogens is 442 g/mol. The van der Waals surface area contributed by atoms with Crippen LogP contribution in [-0.2, 0) is 25.2 Å². The summed E-state index contributed by atoms with van der Waals surface area (Å²) in [5.74, 6) is -0.918. The number of piperidine rings is 1. The minimum absolute atomic E-state index is 0.00913. The Morgan fingerprint density at radius 3 is 2.39 bits per heavy atom. The van der Waals surface area contributed by atoms with Crippen molar-refractivity contribution in [2.45, 2.75) is 10.4 Å². The van der Waals surface area contributed by atoms with Gasteiger partial charge in [-0.05, 0) is 35.9 Å². The number of hydrogen-bond acceptors (Lipinski definition) is 4. The minimum Gasteiger partial charge on any atom is -0.303 e. The molecule has 0 amide bonds. The molecule has 2 fully saturated rings. The lowest BCUT2D eigenvalue weighted by atomic mass is 9.81. The lowest BCUT2D eigenvalue weighted by molar-refractivity contribution is -0.120. The van der Waals surface area contributed by atoms with Gasteiger partial charge in [0, 0.05) is 22.9 Å². The van der Waals surface area contributed by atoms with Gasteiger partial charge in [-0.1, -0.05) is 52.3 Å². The summed E-state index contributed by atoms with van der Waals surface area (Å²) in [7, 11) is -3.89. The maximum absolute atomic E-state index is 13.6. The average Bonchev–Trinajstić information content (AvgIpc) is 3.28. The quantitative estimate of drug-likeness (QED) is 0.661. The van der Waals surface area contributed by atoms with Gasteiger partial charge in [0.2, 0.25) is 10.0 Å². The van der Waals surface area contributed by atoms with Crippen molar-refractivity contribution in [2.24, 2.45) is 17.3 Å². The molecule has 2 aromatic carbocycles. The van der Waals surface area contributed by atoms with Crippen molar-refractivity contribution < 1.29 is 18.0 Å². The molecule has 1 heterocycles. The summed E-state index contributed by atoms with van der Waals surface area (Å²) in [6.07, 6.45) is 3.92. The highest BCUT2D eigenvalue weighted by Crippen LogP contribution is 2.74. The summed E-state index contributed by atoms with van der Waals surface area (Å²) >= 11 is 3.33. The van der Waals surface area contributed by atoms with Crippen LogP contribution in [0.2, 0.25) is 0 Å². The molecule has 5 nitrogen and oxygen atoms in total. The van der Waals surface area contributed by atoms with Crippen molar-refractivity contribution in [3.05, 3.63) is 76.8 Å². The Kier molecular flexibility index (Phi) is 3.67. The third-order valence-corrected chi connectivity index (χ3v) is 8.76. The van der Waals surface area contributed by atoms with Gasteiger partial charge in [-0.2, -0.15) is 4.31 Å². The van der Waals surface area contributed by atoms with Crippen LogP contribution < -0.4 is 0 Å². The second-order valence-electron chi connectivity index (χ2n) is 7.58. The summed E-state index contributed by atoms with van der Waals surface area (Å²) in [5.41, 5.74) is -1.22. The predicted octanol–water partition coefficient (Wildman–Crippen LogP) is 2.92. The third kappa shape index (κ3) is 2.07. The van der Waals surface area contributed by atoms with Crippen molar-refractivity contribution in [2.75, 3.05) is 6.54 Å². The molecule has 0 N–H and O–H groups in total. The highest BCUT2D eigenvalue weighted by molar-refractivity contribution is 9.10. The van der Waals surface area contributed by atoms with Crippen LogP contribution in [0.5, 0.6) is 0 Å². The maximum Gasteiger partial charge on any atom is 0.244 e. The van der Waals surface area contributed by atoms with Crippen molar-refractivity contribution in [1.82, 2.24) is 4.31 Å². The molecule has 28 heavy (non-hydrogen) atoms. The normalized spacial score (nSPS) is 33.5. The molecule has 0 radical (unpaired) electrons. The molecular formula is C21H16BrNO4S. The lowest BCUT2D eigenvalue weighted by Gasteiger charge is -2.40. The molecule has 0 bridgehead atoms. The van der Waals surface area contributed by atoms with E-state index in [1.54, 1.807) is 30.3 Å². The number of halogens is 1. The number of aldehydes is 1. The first kappa shape index (κ1) is 18.0. The van der Waals surface area contributed by atoms with Crippen molar-refractivity contribution >= 4 is 38.0 Å². The van der Waals surface area contributed by atoms with Gasteiger partial charge in [-0.15, -0.1) is 0 Å². The van der Waals surface area contributed by atoms with Gasteiger partial charge in [-0.3, -0.25) is 4.79 Å². The van der Waals surface area contributed by atoms with E-state index in [1.807, 2.05) is 30.3 Å². The first-order chi connectivity index (χ1) is 13.4. The molecule has 1 saturated heterocycles. The van der Waals surface area contributed by atoms with Gasteiger partial charge in [0.05, 0.1) is 15.8 Å². The monoisotopic (exact) mass is 457 g/mol. The molecule has 2 aromatic rings. The second-order valence-corrected chi connectivity index (χ2v) is 10.4. The van der Waals surface area contributed by atoms with Crippen LogP contribution in [0.25, 0.3) is 0 Å². The van der Waals surface area contributed by atoms with Gasteiger partial charge < -0.3 is 4.79 Å². The Morgan fingerprint density at radius 1 is 1.07 bits per heavy atom. The second kappa shape index (κ2) is 5.72. The van der Waals surface area contributed by atoms with Crippen LogP contribution in [0.3, 0.4) is 0 Å². The molecule has 1 saturated carbocycles. The van der Waals surface area contributed by atoms with Crippen LogP contribution in [0.1, 0.15) is 5.56 Å². The van der Waals surface area contributed by atoms with Crippen LogP contribution in [0.4, 0.5) is 0 Å². The topological polar surface area (TPSA) is 71.5 Å². The van der Waals surface area contributed by atoms with E-state index in [0.717, 1.165) is 16.3 Å². The van der Waals surface area contributed by atoms with Crippen molar-refractivity contribution in [3.63, 3.8) is 0 Å². The minimum atomic E-state index is -3.89. The average molecular weight is 458 g/mol. The standard InChI is InChI=1S/C21H16BrNO4S/c22-15-6-8-16(9-7-15)28(26,27)23-12-20(13-24)18-17(25)10-11-21(23,19(18)20)14-4-2-1-3-5-14/h1-11,13,18-19H,12H2/t18-,19+,20+,21-/m1/s1. The first-order valence-electron chi connectivity index (χ1n) is 8.91. The van der Waals surface area contributed by atoms with E-state index < -0.39 is 26.9 Å². The van der Waals surface area contributed by atoms with Crippen LogP contribution >= 0.6 is 15.9 Å². The Balaban J connectivity index is 1.74. The molecule has 5 rings (SSSR count). The number of sulfonamides is 1. The van der Waals surface area contributed by atoms with Crippen molar-refractivity contribution in [3.8, 4) is 0 Å². The van der Waals surface area contributed by atoms with E-state index in [9.17, 15) is 18.0 Å². The first-order valence-corrected chi connectivity index (χ1v) is 11.1. The van der Waals surface area contributed by atoms with E-state index in [0.29, 0.717) is 0 Å². The Bertz CT molecular complexity index is 1130. The molecule has 2 aliphatic carbocycles.